The summed E-state index contributed by atoms with van der Waals surface area (Å²) in [6.07, 6.45) is 1.73. The maximum atomic E-state index is 11.8. The third-order valence-corrected chi connectivity index (χ3v) is 3.37. The van der Waals surface area contributed by atoms with Crippen LogP contribution >= 0.6 is 0 Å². The molecule has 0 aliphatic carbocycles. The molecule has 0 unspecified atom stereocenters. The van der Waals surface area contributed by atoms with Crippen molar-refractivity contribution in [3.05, 3.63) is 45.9 Å². The number of nitrogens with zero attached hydrogens (tertiary/aromatic N) is 1. The van der Waals surface area contributed by atoms with Crippen molar-refractivity contribution in [3.63, 3.8) is 0 Å². The van der Waals surface area contributed by atoms with Crippen molar-refractivity contribution in [2.75, 3.05) is 6.61 Å². The summed E-state index contributed by atoms with van der Waals surface area (Å²) in [5, 5.41) is 0. The fourth-order valence-corrected chi connectivity index (χ4v) is 2.50. The van der Waals surface area contributed by atoms with Gasteiger partial charge in [0.1, 0.15) is 11.6 Å². The van der Waals surface area contributed by atoms with Crippen LogP contribution in [0, 0.1) is 5.92 Å². The summed E-state index contributed by atoms with van der Waals surface area (Å²) in [5.41, 5.74) is 2.87. The number of aromatic nitrogens is 2. The third kappa shape index (κ3) is 2.59. The number of hydrogen-bond donors (Lipinski definition) is 1. The Hall–Kier alpha value is -2.10. The quantitative estimate of drug-likeness (QED) is 0.932. The van der Waals surface area contributed by atoms with Gasteiger partial charge < -0.3 is 9.72 Å². The Morgan fingerprint density at radius 3 is 3.00 bits per heavy atom. The largest absolute Gasteiger partial charge is 0.493 e. The molecule has 1 aromatic carbocycles. The van der Waals surface area contributed by atoms with Gasteiger partial charge in [0.25, 0.3) is 5.56 Å². The first-order valence-corrected chi connectivity index (χ1v) is 6.98. The zero-order valence-corrected chi connectivity index (χ0v) is 11.8. The Balaban J connectivity index is 2.01. The molecule has 1 N–H and O–H groups in total. The lowest BCUT2D eigenvalue weighted by molar-refractivity contribution is 0.357. The van der Waals surface area contributed by atoms with Crippen molar-refractivity contribution in [2.24, 2.45) is 5.92 Å². The molecule has 104 valence electrons. The van der Waals surface area contributed by atoms with Gasteiger partial charge in [-0.1, -0.05) is 13.8 Å². The van der Waals surface area contributed by atoms with Gasteiger partial charge in [-0.2, -0.15) is 0 Å². The van der Waals surface area contributed by atoms with Crippen LogP contribution in [0.5, 0.6) is 5.75 Å². The van der Waals surface area contributed by atoms with Crippen molar-refractivity contribution in [2.45, 2.75) is 26.7 Å². The predicted octanol–water partition coefficient (Wildman–Crippen LogP) is 2.57. The van der Waals surface area contributed by atoms with E-state index in [1.54, 1.807) is 6.07 Å². The molecule has 0 fully saturated rings. The van der Waals surface area contributed by atoms with E-state index in [1.807, 2.05) is 12.1 Å². The molecule has 0 amide bonds. The first-order valence-electron chi connectivity index (χ1n) is 6.98. The Bertz CT molecular complexity index is 689. The number of hydrogen-bond acceptors (Lipinski definition) is 3. The zero-order valence-electron chi connectivity index (χ0n) is 11.8. The molecule has 0 spiro atoms. The van der Waals surface area contributed by atoms with E-state index in [0.717, 1.165) is 36.5 Å². The fourth-order valence-electron chi connectivity index (χ4n) is 2.50. The lowest BCUT2D eigenvalue weighted by Crippen LogP contribution is -2.11. The van der Waals surface area contributed by atoms with Crippen molar-refractivity contribution in [1.29, 1.82) is 0 Å². The zero-order chi connectivity index (χ0) is 14.1. The number of fused-ring (bicyclic) bond motifs is 1. The third-order valence-electron chi connectivity index (χ3n) is 3.37. The molecule has 0 atom stereocenters. The molecule has 1 aliphatic heterocycles. The molecule has 1 aromatic heterocycles. The highest BCUT2D eigenvalue weighted by atomic mass is 16.5. The van der Waals surface area contributed by atoms with Crippen LogP contribution < -0.4 is 10.3 Å². The second-order valence-corrected chi connectivity index (χ2v) is 5.60. The van der Waals surface area contributed by atoms with Crippen LogP contribution in [0.2, 0.25) is 0 Å². The van der Waals surface area contributed by atoms with Crippen LogP contribution in [0.4, 0.5) is 0 Å². The minimum Gasteiger partial charge on any atom is -0.493 e. The van der Waals surface area contributed by atoms with Crippen LogP contribution in [0.15, 0.2) is 29.1 Å². The van der Waals surface area contributed by atoms with E-state index < -0.39 is 0 Å². The molecular weight excluding hydrogens is 252 g/mol. The van der Waals surface area contributed by atoms with Crippen molar-refractivity contribution in [1.82, 2.24) is 9.97 Å². The van der Waals surface area contributed by atoms with Gasteiger partial charge in [0, 0.05) is 23.7 Å². The van der Waals surface area contributed by atoms with E-state index in [9.17, 15) is 4.79 Å². The molecule has 0 saturated carbocycles. The van der Waals surface area contributed by atoms with Crippen LogP contribution in [0.1, 0.15) is 25.1 Å². The summed E-state index contributed by atoms with van der Waals surface area (Å²) in [6.45, 7) is 4.97. The highest BCUT2D eigenvalue weighted by Gasteiger charge is 2.14. The van der Waals surface area contributed by atoms with Gasteiger partial charge in [0.2, 0.25) is 0 Å². The number of benzene rings is 1. The average Bonchev–Trinajstić information content (AvgIpc) is 2.84. The maximum Gasteiger partial charge on any atom is 0.251 e. The number of nitrogens with one attached hydrogen (secondary N) is 1. The predicted molar refractivity (Wildman–Crippen MR) is 78.0 cm³/mol. The minimum atomic E-state index is -0.0950. The van der Waals surface area contributed by atoms with Gasteiger partial charge in [-0.3, -0.25) is 4.79 Å². The van der Waals surface area contributed by atoms with Gasteiger partial charge in [0.15, 0.2) is 0 Å². The number of aromatic amines is 1. The summed E-state index contributed by atoms with van der Waals surface area (Å²) < 4.78 is 5.50. The average molecular weight is 270 g/mol. The molecule has 4 heteroatoms. The summed E-state index contributed by atoms with van der Waals surface area (Å²) in [4.78, 5) is 19.2. The lowest BCUT2D eigenvalue weighted by Gasteiger charge is -2.07. The Morgan fingerprint density at radius 2 is 2.20 bits per heavy atom. The van der Waals surface area contributed by atoms with E-state index in [2.05, 4.69) is 29.9 Å². The fraction of sp³-hybridized carbons (Fsp3) is 0.375. The highest BCUT2D eigenvalue weighted by molar-refractivity contribution is 5.59. The normalized spacial score (nSPS) is 13.3. The van der Waals surface area contributed by atoms with Gasteiger partial charge in [-0.05, 0) is 36.1 Å². The first-order chi connectivity index (χ1) is 9.61. The molecule has 0 radical (unpaired) electrons. The number of ether oxygens (including phenoxy) is 1. The number of rotatable bonds is 3. The van der Waals surface area contributed by atoms with Crippen LogP contribution in [-0.4, -0.2) is 16.6 Å². The maximum absolute atomic E-state index is 11.8. The summed E-state index contributed by atoms with van der Waals surface area (Å²) in [7, 11) is 0. The second kappa shape index (κ2) is 5.12. The molecule has 0 bridgehead atoms. The summed E-state index contributed by atoms with van der Waals surface area (Å²) in [5.74, 6) is 2.06. The monoisotopic (exact) mass is 270 g/mol. The SMILES string of the molecule is CC(C)Cc1cc(=O)[nH]c(-c2ccc3c(c2)CCO3)n1. The van der Waals surface area contributed by atoms with Gasteiger partial charge in [0.05, 0.1) is 6.61 Å². The lowest BCUT2D eigenvalue weighted by atomic mass is 10.1. The van der Waals surface area contributed by atoms with Crippen molar-refractivity contribution < 1.29 is 4.74 Å². The Morgan fingerprint density at radius 1 is 1.35 bits per heavy atom. The molecule has 2 aromatic rings. The highest BCUT2D eigenvalue weighted by Crippen LogP contribution is 2.28. The van der Waals surface area contributed by atoms with E-state index >= 15 is 0 Å². The Labute approximate surface area is 117 Å². The van der Waals surface area contributed by atoms with E-state index in [0.29, 0.717) is 11.7 Å². The Kier molecular flexibility index (Phi) is 3.30. The first kappa shape index (κ1) is 12.9. The van der Waals surface area contributed by atoms with E-state index in [-0.39, 0.29) is 5.56 Å². The molecule has 4 nitrogen and oxygen atoms in total. The van der Waals surface area contributed by atoms with Crippen molar-refractivity contribution >= 4 is 0 Å². The molecule has 3 rings (SSSR count). The topological polar surface area (TPSA) is 55.0 Å². The smallest absolute Gasteiger partial charge is 0.251 e. The van der Waals surface area contributed by atoms with Gasteiger partial charge in [-0.15, -0.1) is 0 Å². The van der Waals surface area contributed by atoms with Gasteiger partial charge >= 0.3 is 0 Å². The molecular formula is C16H18N2O2. The molecule has 2 heterocycles. The molecule has 0 saturated heterocycles. The van der Waals surface area contributed by atoms with Crippen LogP contribution in [-0.2, 0) is 12.8 Å². The second-order valence-electron chi connectivity index (χ2n) is 5.60. The number of H-pyrrole nitrogens is 1. The van der Waals surface area contributed by atoms with Crippen molar-refractivity contribution in [3.8, 4) is 17.1 Å². The summed E-state index contributed by atoms with van der Waals surface area (Å²) >= 11 is 0. The standard InChI is InChI=1S/C16H18N2O2/c1-10(2)7-13-9-15(19)18-16(17-13)12-3-4-14-11(8-12)5-6-20-14/h3-4,8-10H,5-7H2,1-2H3,(H,17,18,19). The van der Waals surface area contributed by atoms with Gasteiger partial charge in [-0.25, -0.2) is 4.98 Å². The molecule has 1 aliphatic rings. The summed E-state index contributed by atoms with van der Waals surface area (Å²) in [6, 6.07) is 7.54. The van der Waals surface area contributed by atoms with Crippen LogP contribution in [0.25, 0.3) is 11.4 Å². The molecule has 20 heavy (non-hydrogen) atoms. The van der Waals surface area contributed by atoms with E-state index in [4.69, 9.17) is 4.74 Å². The van der Waals surface area contributed by atoms with Crippen LogP contribution in [0.3, 0.4) is 0 Å². The van der Waals surface area contributed by atoms with E-state index in [1.165, 1.54) is 5.56 Å². The minimum absolute atomic E-state index is 0.0950.